The third-order valence-corrected chi connectivity index (χ3v) is 5.09. The molecule has 5 nitrogen and oxygen atoms in total. The lowest BCUT2D eigenvalue weighted by molar-refractivity contribution is -0.112. The van der Waals surface area contributed by atoms with Crippen molar-refractivity contribution in [1.82, 2.24) is 4.98 Å². The monoisotopic (exact) mass is 367 g/mol. The van der Waals surface area contributed by atoms with Gasteiger partial charge in [-0.25, -0.2) is 9.38 Å². The number of carbonyl (C=O) groups excluding carboxylic acids is 1. The summed E-state index contributed by atoms with van der Waals surface area (Å²) in [5.74, 6) is -1.26. The molecule has 2 heterocycles. The van der Waals surface area contributed by atoms with Crippen molar-refractivity contribution in [3.05, 3.63) is 69.3 Å². The van der Waals surface area contributed by atoms with Crippen LogP contribution >= 0.6 is 11.3 Å². The van der Waals surface area contributed by atoms with Crippen molar-refractivity contribution in [3.8, 4) is 5.88 Å². The highest BCUT2D eigenvalue weighted by Crippen LogP contribution is 2.35. The fourth-order valence-corrected chi connectivity index (χ4v) is 3.71. The largest absolute Gasteiger partial charge is 0.492 e. The maximum absolute atomic E-state index is 13.6. The summed E-state index contributed by atoms with van der Waals surface area (Å²) >= 11 is 1.12. The summed E-state index contributed by atoms with van der Waals surface area (Å²) < 4.78 is 13.6. The van der Waals surface area contributed by atoms with Crippen molar-refractivity contribution in [2.45, 2.75) is 13.3 Å². The van der Waals surface area contributed by atoms with Crippen LogP contribution in [0.4, 0.5) is 15.2 Å². The minimum Gasteiger partial charge on any atom is -0.492 e. The standard InChI is InChI=1S/C19H14FN3O2S/c1-2-10-3-6-12(7-4-10)21-19-23-18(25)16(26-19)15-13-9-11(20)5-8-14(13)22-17(15)24/h3-9,25H,2H2,1H3,(H,21,23). The number of nitrogens with one attached hydrogen (secondary N) is 1. The van der Waals surface area contributed by atoms with Gasteiger partial charge in [0.15, 0.2) is 5.13 Å². The molecule has 0 aliphatic carbocycles. The fourth-order valence-electron chi connectivity index (χ4n) is 2.78. The van der Waals surface area contributed by atoms with Crippen LogP contribution in [0.25, 0.3) is 5.57 Å². The topological polar surface area (TPSA) is 74.6 Å². The first-order valence-corrected chi connectivity index (χ1v) is 8.86. The molecule has 0 fully saturated rings. The molecular formula is C19H14FN3O2S. The van der Waals surface area contributed by atoms with Gasteiger partial charge in [0.25, 0.3) is 5.91 Å². The normalized spacial score (nSPS) is 12.8. The molecule has 1 aromatic heterocycles. The zero-order chi connectivity index (χ0) is 18.3. The highest BCUT2D eigenvalue weighted by atomic mass is 32.1. The SMILES string of the molecule is CCc1ccc(Nc2nc(O)c(C3=c4cc(F)ccc4=NC3=O)s2)cc1. The number of hydrogen-bond acceptors (Lipinski definition) is 5. The van der Waals surface area contributed by atoms with E-state index in [-0.39, 0.29) is 16.3 Å². The zero-order valence-electron chi connectivity index (χ0n) is 13.8. The van der Waals surface area contributed by atoms with Crippen molar-refractivity contribution >= 4 is 33.6 Å². The molecule has 1 aliphatic heterocycles. The molecule has 2 N–H and O–H groups in total. The Balaban J connectivity index is 1.74. The Kier molecular flexibility index (Phi) is 4.00. The van der Waals surface area contributed by atoms with Crippen LogP contribution in [0.2, 0.25) is 0 Å². The first-order valence-electron chi connectivity index (χ1n) is 8.04. The van der Waals surface area contributed by atoms with E-state index in [1.807, 2.05) is 24.3 Å². The predicted octanol–water partition coefficient (Wildman–Crippen LogP) is 2.65. The number of aromatic hydroxyl groups is 1. The Hall–Kier alpha value is -3.06. The lowest BCUT2D eigenvalue weighted by Gasteiger charge is -2.03. The van der Waals surface area contributed by atoms with Crippen molar-refractivity contribution in [3.63, 3.8) is 0 Å². The zero-order valence-corrected chi connectivity index (χ0v) is 14.6. The van der Waals surface area contributed by atoms with Crippen molar-refractivity contribution in [2.24, 2.45) is 4.99 Å². The van der Waals surface area contributed by atoms with Crippen LogP contribution in [0.1, 0.15) is 17.4 Å². The lowest BCUT2D eigenvalue weighted by Crippen LogP contribution is -2.23. The maximum atomic E-state index is 13.6. The van der Waals surface area contributed by atoms with Crippen molar-refractivity contribution < 1.29 is 14.3 Å². The van der Waals surface area contributed by atoms with Gasteiger partial charge in [-0.05, 0) is 42.3 Å². The number of hydrogen-bond donors (Lipinski definition) is 2. The molecule has 2 aromatic carbocycles. The molecule has 130 valence electrons. The Morgan fingerprint density at radius 2 is 1.96 bits per heavy atom. The molecule has 1 aliphatic rings. The van der Waals surface area contributed by atoms with Crippen LogP contribution in [0.15, 0.2) is 47.5 Å². The molecular weight excluding hydrogens is 353 g/mol. The van der Waals surface area contributed by atoms with E-state index in [1.54, 1.807) is 0 Å². The van der Waals surface area contributed by atoms with Crippen LogP contribution in [-0.4, -0.2) is 16.0 Å². The van der Waals surface area contributed by atoms with E-state index in [0.29, 0.717) is 15.7 Å². The van der Waals surface area contributed by atoms with E-state index in [1.165, 1.54) is 23.8 Å². The molecule has 1 amide bonds. The van der Waals surface area contributed by atoms with Crippen molar-refractivity contribution in [2.75, 3.05) is 5.32 Å². The summed E-state index contributed by atoms with van der Waals surface area (Å²) in [5, 5.41) is 14.5. The lowest BCUT2D eigenvalue weighted by atomic mass is 10.1. The summed E-state index contributed by atoms with van der Waals surface area (Å²) in [4.78, 5) is 20.5. The Labute approximate surface area is 152 Å². The van der Waals surface area contributed by atoms with Gasteiger partial charge >= 0.3 is 0 Å². The molecule has 0 saturated carbocycles. The van der Waals surface area contributed by atoms with Crippen LogP contribution in [-0.2, 0) is 11.2 Å². The molecule has 0 radical (unpaired) electrons. The summed E-state index contributed by atoms with van der Waals surface area (Å²) in [7, 11) is 0. The number of thiazole rings is 1. The van der Waals surface area contributed by atoms with Crippen LogP contribution in [0, 0.1) is 5.82 Å². The first kappa shape index (κ1) is 16.4. The third-order valence-electron chi connectivity index (χ3n) is 4.11. The van der Waals surface area contributed by atoms with E-state index < -0.39 is 11.7 Å². The third kappa shape index (κ3) is 2.86. The average molecular weight is 367 g/mol. The second-order valence-electron chi connectivity index (χ2n) is 5.80. The molecule has 0 bridgehead atoms. The highest BCUT2D eigenvalue weighted by Gasteiger charge is 2.25. The number of halogens is 1. The number of carbonyl (C=O) groups is 1. The number of anilines is 2. The van der Waals surface area contributed by atoms with Crippen LogP contribution in [0.5, 0.6) is 5.88 Å². The quantitative estimate of drug-likeness (QED) is 0.743. The minimum absolute atomic E-state index is 0.170. The summed E-state index contributed by atoms with van der Waals surface area (Å²) in [6, 6.07) is 11.8. The van der Waals surface area contributed by atoms with Gasteiger partial charge in [0.2, 0.25) is 5.88 Å². The number of benzene rings is 2. The number of amides is 1. The van der Waals surface area contributed by atoms with E-state index in [4.69, 9.17) is 0 Å². The molecule has 26 heavy (non-hydrogen) atoms. The van der Waals surface area contributed by atoms with Gasteiger partial charge in [-0.2, -0.15) is 4.98 Å². The van der Waals surface area contributed by atoms with Gasteiger partial charge in [-0.15, -0.1) is 0 Å². The van der Waals surface area contributed by atoms with Gasteiger partial charge in [0.05, 0.1) is 10.9 Å². The van der Waals surface area contributed by atoms with Gasteiger partial charge < -0.3 is 10.4 Å². The molecule has 3 aromatic rings. The Morgan fingerprint density at radius 3 is 2.69 bits per heavy atom. The minimum atomic E-state index is -0.511. The molecule has 0 spiro atoms. The predicted molar refractivity (Wildman–Crippen MR) is 97.6 cm³/mol. The summed E-state index contributed by atoms with van der Waals surface area (Å²) in [6.45, 7) is 2.08. The number of aryl methyl sites for hydroxylation is 1. The van der Waals surface area contributed by atoms with Crippen molar-refractivity contribution in [1.29, 1.82) is 0 Å². The second-order valence-corrected chi connectivity index (χ2v) is 6.80. The Bertz CT molecular complexity index is 1140. The van der Waals surface area contributed by atoms with Crippen LogP contribution < -0.4 is 15.9 Å². The molecule has 0 atom stereocenters. The number of fused-ring (bicyclic) bond motifs is 1. The van der Waals surface area contributed by atoms with E-state index in [2.05, 4.69) is 22.2 Å². The maximum Gasteiger partial charge on any atom is 0.279 e. The van der Waals surface area contributed by atoms with E-state index in [0.717, 1.165) is 23.4 Å². The molecule has 0 saturated heterocycles. The summed E-state index contributed by atoms with van der Waals surface area (Å²) in [5.41, 5.74) is 2.20. The fraction of sp³-hybridized carbons (Fsp3) is 0.105. The second kappa shape index (κ2) is 6.34. The highest BCUT2D eigenvalue weighted by molar-refractivity contribution is 7.17. The number of nitrogens with zero attached hydrogens (tertiary/aromatic N) is 2. The van der Waals surface area contributed by atoms with Gasteiger partial charge in [0.1, 0.15) is 10.7 Å². The smallest absolute Gasteiger partial charge is 0.279 e. The van der Waals surface area contributed by atoms with E-state index >= 15 is 0 Å². The summed E-state index contributed by atoms with van der Waals surface area (Å²) in [6.07, 6.45) is 0.947. The van der Waals surface area contributed by atoms with Gasteiger partial charge in [-0.3, -0.25) is 4.79 Å². The van der Waals surface area contributed by atoms with Gasteiger partial charge in [0, 0.05) is 10.9 Å². The molecule has 4 rings (SSSR count). The van der Waals surface area contributed by atoms with Gasteiger partial charge in [-0.1, -0.05) is 30.4 Å². The van der Waals surface area contributed by atoms with E-state index in [9.17, 15) is 14.3 Å². The number of rotatable bonds is 4. The Morgan fingerprint density at radius 1 is 1.19 bits per heavy atom. The van der Waals surface area contributed by atoms with Crippen LogP contribution in [0.3, 0.4) is 0 Å². The number of aromatic nitrogens is 1. The molecule has 0 unspecified atom stereocenters. The average Bonchev–Trinajstić information content (AvgIpc) is 3.13. The first-order chi connectivity index (χ1) is 12.5. The molecule has 7 heteroatoms.